The molecule has 0 amide bonds. The number of rotatable bonds is 6. The molecule has 1 aromatic rings. The molecule has 0 unspecified atom stereocenters. The van der Waals surface area contributed by atoms with Gasteiger partial charge in [-0.05, 0) is 24.6 Å². The van der Waals surface area contributed by atoms with E-state index in [1.54, 1.807) is 6.07 Å². The van der Waals surface area contributed by atoms with Crippen molar-refractivity contribution in [1.82, 2.24) is 5.32 Å². The Morgan fingerprint density at radius 3 is 3.00 bits per heavy atom. The lowest BCUT2D eigenvalue weighted by Crippen LogP contribution is -2.12. The third-order valence-electron chi connectivity index (χ3n) is 1.94. The Labute approximate surface area is 90.4 Å². The van der Waals surface area contributed by atoms with Gasteiger partial charge in [-0.3, -0.25) is 0 Å². The lowest BCUT2D eigenvalue weighted by molar-refractivity contribution is 0.317. The second-order valence-electron chi connectivity index (χ2n) is 3.15. The van der Waals surface area contributed by atoms with Gasteiger partial charge in [0.05, 0.1) is 6.61 Å². The van der Waals surface area contributed by atoms with Crippen molar-refractivity contribution in [3.8, 4) is 11.5 Å². The molecule has 82 valence electrons. The number of phenolic OH excluding ortho intramolecular Hbond substituents is 1. The van der Waals surface area contributed by atoms with Gasteiger partial charge in [0.15, 0.2) is 11.5 Å². The summed E-state index contributed by atoms with van der Waals surface area (Å²) in [5.74, 6) is 0.722. The molecule has 0 spiro atoms. The minimum Gasteiger partial charge on any atom is -0.504 e. The fourth-order valence-electron chi connectivity index (χ4n) is 1.26. The third-order valence-corrected chi connectivity index (χ3v) is 1.94. The second-order valence-corrected chi connectivity index (χ2v) is 3.15. The molecule has 15 heavy (non-hydrogen) atoms. The fourth-order valence-corrected chi connectivity index (χ4v) is 1.26. The van der Waals surface area contributed by atoms with E-state index < -0.39 is 0 Å². The maximum absolute atomic E-state index is 9.48. The standard InChI is InChI=1S/C12H17NO2/c1-3-7-13-9-10-5-6-11(14)12(8-10)15-4-2/h3,5-6,8,13-14H,1,4,7,9H2,2H3. The molecule has 0 aliphatic carbocycles. The van der Waals surface area contributed by atoms with Gasteiger partial charge in [-0.1, -0.05) is 12.1 Å². The molecule has 2 N–H and O–H groups in total. The lowest BCUT2D eigenvalue weighted by Gasteiger charge is -2.08. The van der Waals surface area contributed by atoms with Gasteiger partial charge in [0, 0.05) is 13.1 Å². The molecule has 3 heteroatoms. The molecule has 1 rings (SSSR count). The molecule has 0 heterocycles. The predicted octanol–water partition coefficient (Wildman–Crippen LogP) is 2.07. The monoisotopic (exact) mass is 207 g/mol. The molecule has 0 aromatic heterocycles. The van der Waals surface area contributed by atoms with E-state index in [1.165, 1.54) is 0 Å². The largest absolute Gasteiger partial charge is 0.504 e. The quantitative estimate of drug-likeness (QED) is 0.554. The zero-order valence-corrected chi connectivity index (χ0v) is 8.99. The maximum atomic E-state index is 9.48. The van der Waals surface area contributed by atoms with Crippen LogP contribution in [0.1, 0.15) is 12.5 Å². The Hall–Kier alpha value is -1.48. The number of benzene rings is 1. The van der Waals surface area contributed by atoms with Crippen molar-refractivity contribution >= 4 is 0 Å². The van der Waals surface area contributed by atoms with Crippen LogP contribution < -0.4 is 10.1 Å². The first kappa shape index (κ1) is 11.6. The van der Waals surface area contributed by atoms with Crippen molar-refractivity contribution in [2.45, 2.75) is 13.5 Å². The Bertz CT molecular complexity index is 323. The molecule has 1 aromatic carbocycles. The molecule has 0 bridgehead atoms. The average molecular weight is 207 g/mol. The molecule has 0 radical (unpaired) electrons. The van der Waals surface area contributed by atoms with Crippen LogP contribution in [0.3, 0.4) is 0 Å². The van der Waals surface area contributed by atoms with Crippen molar-refractivity contribution in [3.05, 3.63) is 36.4 Å². The average Bonchev–Trinajstić information content (AvgIpc) is 2.23. The number of phenols is 1. The van der Waals surface area contributed by atoms with Crippen LogP contribution in [-0.4, -0.2) is 18.3 Å². The first-order valence-corrected chi connectivity index (χ1v) is 5.04. The van der Waals surface area contributed by atoms with Gasteiger partial charge in [0.25, 0.3) is 0 Å². The molecular weight excluding hydrogens is 190 g/mol. The van der Waals surface area contributed by atoms with Crippen LogP contribution in [0.2, 0.25) is 0 Å². The van der Waals surface area contributed by atoms with Gasteiger partial charge >= 0.3 is 0 Å². The molecule has 0 saturated carbocycles. The minimum absolute atomic E-state index is 0.185. The van der Waals surface area contributed by atoms with Crippen LogP contribution in [0.4, 0.5) is 0 Å². The summed E-state index contributed by atoms with van der Waals surface area (Å²) in [4.78, 5) is 0. The number of aromatic hydroxyl groups is 1. The highest BCUT2D eigenvalue weighted by Gasteiger charge is 2.02. The van der Waals surface area contributed by atoms with Gasteiger partial charge < -0.3 is 15.2 Å². The molecule has 0 aliphatic heterocycles. The van der Waals surface area contributed by atoms with Crippen molar-refractivity contribution in [2.24, 2.45) is 0 Å². The minimum atomic E-state index is 0.185. The summed E-state index contributed by atoms with van der Waals surface area (Å²) in [5.41, 5.74) is 1.08. The summed E-state index contributed by atoms with van der Waals surface area (Å²) in [6, 6.07) is 5.36. The summed E-state index contributed by atoms with van der Waals surface area (Å²) in [6.07, 6.45) is 1.81. The fraction of sp³-hybridized carbons (Fsp3) is 0.333. The van der Waals surface area contributed by atoms with E-state index in [-0.39, 0.29) is 5.75 Å². The predicted molar refractivity (Wildman–Crippen MR) is 61.2 cm³/mol. The highest BCUT2D eigenvalue weighted by Crippen LogP contribution is 2.26. The van der Waals surface area contributed by atoms with Crippen LogP contribution in [0, 0.1) is 0 Å². The van der Waals surface area contributed by atoms with Gasteiger partial charge in [-0.15, -0.1) is 6.58 Å². The number of nitrogens with one attached hydrogen (secondary N) is 1. The smallest absolute Gasteiger partial charge is 0.161 e. The van der Waals surface area contributed by atoms with Gasteiger partial charge in [0.2, 0.25) is 0 Å². The van der Waals surface area contributed by atoms with Crippen molar-refractivity contribution in [2.75, 3.05) is 13.2 Å². The third kappa shape index (κ3) is 3.64. The maximum Gasteiger partial charge on any atom is 0.161 e. The van der Waals surface area contributed by atoms with Crippen LogP contribution in [0.15, 0.2) is 30.9 Å². The molecule has 0 atom stereocenters. The Morgan fingerprint density at radius 1 is 1.53 bits per heavy atom. The zero-order valence-electron chi connectivity index (χ0n) is 8.99. The van der Waals surface area contributed by atoms with Gasteiger partial charge in [0.1, 0.15) is 0 Å². The van der Waals surface area contributed by atoms with Crippen LogP contribution in [-0.2, 0) is 6.54 Å². The molecular formula is C12H17NO2. The molecule has 3 nitrogen and oxygen atoms in total. The highest BCUT2D eigenvalue weighted by molar-refractivity contribution is 5.41. The first-order chi connectivity index (χ1) is 7.27. The summed E-state index contributed by atoms with van der Waals surface area (Å²) in [7, 11) is 0. The Balaban J connectivity index is 2.64. The summed E-state index contributed by atoms with van der Waals surface area (Å²) in [5, 5.41) is 12.7. The van der Waals surface area contributed by atoms with Gasteiger partial charge in [-0.25, -0.2) is 0 Å². The van der Waals surface area contributed by atoms with Crippen molar-refractivity contribution in [3.63, 3.8) is 0 Å². The van der Waals surface area contributed by atoms with Gasteiger partial charge in [-0.2, -0.15) is 0 Å². The Kier molecular flexibility index (Phi) is 4.71. The number of ether oxygens (including phenoxy) is 1. The summed E-state index contributed by atoms with van der Waals surface area (Å²) in [6.45, 7) is 7.58. The Morgan fingerprint density at radius 2 is 2.33 bits per heavy atom. The van der Waals surface area contributed by atoms with Crippen LogP contribution >= 0.6 is 0 Å². The van der Waals surface area contributed by atoms with Crippen molar-refractivity contribution < 1.29 is 9.84 Å². The van der Waals surface area contributed by atoms with E-state index in [4.69, 9.17) is 4.74 Å². The molecule has 0 saturated heterocycles. The van der Waals surface area contributed by atoms with E-state index in [1.807, 2.05) is 25.1 Å². The van der Waals surface area contributed by atoms with E-state index in [2.05, 4.69) is 11.9 Å². The normalized spacial score (nSPS) is 9.93. The first-order valence-electron chi connectivity index (χ1n) is 5.04. The summed E-state index contributed by atoms with van der Waals surface area (Å²) < 4.78 is 5.29. The van der Waals surface area contributed by atoms with E-state index in [0.29, 0.717) is 12.4 Å². The summed E-state index contributed by atoms with van der Waals surface area (Å²) >= 11 is 0. The molecule has 0 fully saturated rings. The number of hydrogen-bond donors (Lipinski definition) is 2. The van der Waals surface area contributed by atoms with E-state index >= 15 is 0 Å². The number of hydrogen-bond acceptors (Lipinski definition) is 3. The van der Waals surface area contributed by atoms with E-state index in [0.717, 1.165) is 18.7 Å². The topological polar surface area (TPSA) is 41.5 Å². The van der Waals surface area contributed by atoms with Crippen LogP contribution in [0.5, 0.6) is 11.5 Å². The van der Waals surface area contributed by atoms with Crippen molar-refractivity contribution in [1.29, 1.82) is 0 Å². The molecule has 0 aliphatic rings. The van der Waals surface area contributed by atoms with Crippen LogP contribution in [0.25, 0.3) is 0 Å². The highest BCUT2D eigenvalue weighted by atomic mass is 16.5. The second kappa shape index (κ2) is 6.09. The lowest BCUT2D eigenvalue weighted by atomic mass is 10.2. The SMILES string of the molecule is C=CCNCc1ccc(O)c(OCC)c1. The zero-order chi connectivity index (χ0) is 11.1. The van der Waals surface area contributed by atoms with E-state index in [9.17, 15) is 5.11 Å².